The molecule has 1 aliphatic heterocycles. The predicted molar refractivity (Wildman–Crippen MR) is 128 cm³/mol. The molecule has 1 aromatic carbocycles. The van der Waals surface area contributed by atoms with Crippen molar-refractivity contribution in [2.75, 3.05) is 38.2 Å². The number of imidazole rings is 1. The van der Waals surface area contributed by atoms with Crippen LogP contribution in [-0.2, 0) is 13.2 Å². The number of halogens is 1. The molecule has 0 saturated carbocycles. The Balaban J connectivity index is 1.34. The third kappa shape index (κ3) is 4.50. The first-order valence-corrected chi connectivity index (χ1v) is 11.2. The fourth-order valence-corrected chi connectivity index (χ4v) is 4.44. The van der Waals surface area contributed by atoms with Crippen LogP contribution in [0.15, 0.2) is 55.1 Å². The number of benzene rings is 1. The summed E-state index contributed by atoms with van der Waals surface area (Å²) >= 11 is 6.34. The minimum atomic E-state index is -0.125. The van der Waals surface area contributed by atoms with E-state index in [1.54, 1.807) is 31.6 Å². The van der Waals surface area contributed by atoms with Gasteiger partial charge in [0.05, 0.1) is 31.0 Å². The topological polar surface area (TPSA) is 79.0 Å². The van der Waals surface area contributed by atoms with E-state index < -0.39 is 0 Å². The van der Waals surface area contributed by atoms with Crippen molar-refractivity contribution in [3.8, 4) is 17.0 Å². The maximum Gasteiger partial charge on any atom is 0.142 e. The van der Waals surface area contributed by atoms with Crippen molar-refractivity contribution in [3.63, 3.8) is 0 Å². The molecule has 0 atom stereocenters. The molecular weight excluding hydrogens is 440 g/mol. The molecule has 1 saturated heterocycles. The Morgan fingerprint density at radius 3 is 2.61 bits per heavy atom. The quantitative estimate of drug-likeness (QED) is 0.469. The van der Waals surface area contributed by atoms with E-state index in [9.17, 15) is 5.11 Å². The van der Waals surface area contributed by atoms with Gasteiger partial charge in [0.2, 0.25) is 0 Å². The first-order chi connectivity index (χ1) is 16.1. The Kier molecular flexibility index (Phi) is 6.13. The summed E-state index contributed by atoms with van der Waals surface area (Å²) in [6.07, 6.45) is 7.55. The lowest BCUT2D eigenvalue weighted by Crippen LogP contribution is -2.46. The van der Waals surface area contributed by atoms with Crippen LogP contribution in [0.5, 0.6) is 5.75 Å². The monoisotopic (exact) mass is 464 g/mol. The molecule has 4 aromatic rings. The Labute approximate surface area is 197 Å². The van der Waals surface area contributed by atoms with Crippen molar-refractivity contribution in [2.45, 2.75) is 13.2 Å². The van der Waals surface area contributed by atoms with Crippen LogP contribution in [0.2, 0.25) is 5.02 Å². The molecule has 4 heterocycles. The standard InChI is InChI=1S/C24H25ClN6O2/c1-33-22-11-17(16-32)19(13-20(22)25)21-14-31-6-3-18(12-24(31)28-21)30-9-7-29(8-10-30)15-23-26-4-2-5-27-23/h2-6,11-14,32H,7-10,15-16H2,1H3. The van der Waals surface area contributed by atoms with Crippen LogP contribution in [-0.4, -0.2) is 62.6 Å². The third-order valence-corrected chi connectivity index (χ3v) is 6.28. The van der Waals surface area contributed by atoms with Gasteiger partial charge in [-0.15, -0.1) is 0 Å². The van der Waals surface area contributed by atoms with Gasteiger partial charge in [0, 0.05) is 68.3 Å². The summed E-state index contributed by atoms with van der Waals surface area (Å²) in [5, 5.41) is 10.3. The molecular formula is C24H25ClN6O2. The van der Waals surface area contributed by atoms with Crippen molar-refractivity contribution in [1.29, 1.82) is 0 Å². The smallest absolute Gasteiger partial charge is 0.142 e. The summed E-state index contributed by atoms with van der Waals surface area (Å²) in [7, 11) is 1.56. The van der Waals surface area contributed by atoms with E-state index >= 15 is 0 Å². The van der Waals surface area contributed by atoms with Crippen molar-refractivity contribution in [1.82, 2.24) is 24.3 Å². The number of pyridine rings is 1. The van der Waals surface area contributed by atoms with Crippen LogP contribution in [0.25, 0.3) is 16.9 Å². The highest BCUT2D eigenvalue weighted by Gasteiger charge is 2.19. The first-order valence-electron chi connectivity index (χ1n) is 10.8. The van der Waals surface area contributed by atoms with Crippen molar-refractivity contribution < 1.29 is 9.84 Å². The van der Waals surface area contributed by atoms with Gasteiger partial charge >= 0.3 is 0 Å². The molecule has 33 heavy (non-hydrogen) atoms. The van der Waals surface area contributed by atoms with E-state index in [2.05, 4.69) is 31.9 Å². The molecule has 0 bridgehead atoms. The number of aliphatic hydroxyl groups excluding tert-OH is 1. The van der Waals surface area contributed by atoms with E-state index in [1.165, 1.54) is 0 Å². The zero-order valence-corrected chi connectivity index (χ0v) is 19.1. The average molecular weight is 465 g/mol. The summed E-state index contributed by atoms with van der Waals surface area (Å²) in [5.74, 6) is 1.40. The van der Waals surface area contributed by atoms with Gasteiger partial charge in [0.25, 0.3) is 0 Å². The molecule has 1 fully saturated rings. The van der Waals surface area contributed by atoms with E-state index in [0.29, 0.717) is 10.8 Å². The highest BCUT2D eigenvalue weighted by atomic mass is 35.5. The second kappa shape index (κ2) is 9.35. The lowest BCUT2D eigenvalue weighted by Gasteiger charge is -2.35. The number of ether oxygens (including phenoxy) is 1. The lowest BCUT2D eigenvalue weighted by molar-refractivity contribution is 0.244. The van der Waals surface area contributed by atoms with Gasteiger partial charge < -0.3 is 19.1 Å². The molecule has 1 N–H and O–H groups in total. The second-order valence-electron chi connectivity index (χ2n) is 8.01. The molecule has 1 aliphatic rings. The van der Waals surface area contributed by atoms with E-state index in [1.807, 2.05) is 22.9 Å². The Bertz CT molecular complexity index is 1250. The number of piperazine rings is 1. The largest absolute Gasteiger partial charge is 0.495 e. The highest BCUT2D eigenvalue weighted by molar-refractivity contribution is 6.32. The van der Waals surface area contributed by atoms with Gasteiger partial charge in [-0.2, -0.15) is 0 Å². The van der Waals surface area contributed by atoms with Crippen LogP contribution < -0.4 is 9.64 Å². The zero-order valence-electron chi connectivity index (χ0n) is 18.4. The SMILES string of the molecule is COc1cc(CO)c(-c2cn3ccc(N4CCN(Cc5ncccn5)CC4)cc3n2)cc1Cl. The predicted octanol–water partition coefficient (Wildman–Crippen LogP) is 3.27. The number of rotatable bonds is 6. The van der Waals surface area contributed by atoms with Crippen LogP contribution in [0.1, 0.15) is 11.4 Å². The molecule has 0 unspecified atom stereocenters. The Morgan fingerprint density at radius 1 is 1.09 bits per heavy atom. The fourth-order valence-electron chi connectivity index (χ4n) is 4.19. The highest BCUT2D eigenvalue weighted by Crippen LogP contribution is 2.34. The maximum atomic E-state index is 9.84. The normalized spacial score (nSPS) is 14.7. The molecule has 5 rings (SSSR count). The van der Waals surface area contributed by atoms with Gasteiger partial charge in [-0.3, -0.25) is 4.90 Å². The summed E-state index contributed by atoms with van der Waals surface area (Å²) in [6, 6.07) is 9.61. The van der Waals surface area contributed by atoms with Crippen LogP contribution >= 0.6 is 11.6 Å². The van der Waals surface area contributed by atoms with Crippen molar-refractivity contribution in [3.05, 3.63) is 71.5 Å². The molecule has 8 nitrogen and oxygen atoms in total. The number of fused-ring (bicyclic) bond motifs is 1. The minimum absolute atomic E-state index is 0.125. The number of methoxy groups -OCH3 is 1. The molecule has 0 amide bonds. The van der Waals surface area contributed by atoms with E-state index in [-0.39, 0.29) is 6.61 Å². The minimum Gasteiger partial charge on any atom is -0.495 e. The molecule has 0 spiro atoms. The van der Waals surface area contributed by atoms with Gasteiger partial charge in [0.1, 0.15) is 17.2 Å². The molecule has 170 valence electrons. The summed E-state index contributed by atoms with van der Waals surface area (Å²) in [6.45, 7) is 4.41. The number of anilines is 1. The van der Waals surface area contributed by atoms with Crippen molar-refractivity contribution >= 4 is 22.9 Å². The fraction of sp³-hybridized carbons (Fsp3) is 0.292. The lowest BCUT2D eigenvalue weighted by atomic mass is 10.1. The molecule has 3 aromatic heterocycles. The number of hydrogen-bond acceptors (Lipinski definition) is 7. The Hall–Kier alpha value is -3.20. The summed E-state index contributed by atoms with van der Waals surface area (Å²) in [4.78, 5) is 18.2. The average Bonchev–Trinajstić information content (AvgIpc) is 3.28. The van der Waals surface area contributed by atoms with E-state index in [0.717, 1.165) is 66.7 Å². The Morgan fingerprint density at radius 2 is 1.88 bits per heavy atom. The zero-order chi connectivity index (χ0) is 22.8. The molecule has 9 heteroatoms. The maximum absolute atomic E-state index is 9.84. The van der Waals surface area contributed by atoms with Crippen LogP contribution in [0.4, 0.5) is 5.69 Å². The van der Waals surface area contributed by atoms with Gasteiger partial charge in [0.15, 0.2) is 0 Å². The van der Waals surface area contributed by atoms with Crippen LogP contribution in [0, 0.1) is 0 Å². The van der Waals surface area contributed by atoms with Gasteiger partial charge in [-0.1, -0.05) is 11.6 Å². The van der Waals surface area contributed by atoms with Gasteiger partial charge in [-0.25, -0.2) is 15.0 Å². The van der Waals surface area contributed by atoms with Gasteiger partial charge in [-0.05, 0) is 29.8 Å². The first kappa shape index (κ1) is 21.6. The third-order valence-electron chi connectivity index (χ3n) is 5.99. The number of aliphatic hydroxyl groups is 1. The summed E-state index contributed by atoms with van der Waals surface area (Å²) in [5.41, 5.74) is 4.26. The second-order valence-corrected chi connectivity index (χ2v) is 8.41. The molecule has 0 aliphatic carbocycles. The number of hydrogen-bond donors (Lipinski definition) is 1. The van der Waals surface area contributed by atoms with E-state index in [4.69, 9.17) is 21.3 Å². The molecule has 0 radical (unpaired) electrons. The summed E-state index contributed by atoms with van der Waals surface area (Å²) < 4.78 is 7.26. The number of aromatic nitrogens is 4. The van der Waals surface area contributed by atoms with Crippen molar-refractivity contribution in [2.24, 2.45) is 0 Å². The van der Waals surface area contributed by atoms with Crippen LogP contribution in [0.3, 0.4) is 0 Å². The number of nitrogens with zero attached hydrogens (tertiary/aromatic N) is 6.